The number of aliphatic imine (C=N–C) groups is 1. The lowest BCUT2D eigenvalue weighted by Crippen LogP contribution is -2.28. The minimum Gasteiger partial charge on any atom is -0.425 e. The minimum atomic E-state index is -0.298. The molecule has 84 valence electrons. The van der Waals surface area contributed by atoms with Crippen molar-refractivity contribution in [2.45, 2.75) is 26.3 Å². The summed E-state index contributed by atoms with van der Waals surface area (Å²) in [4.78, 5) is 4.25. The molecule has 16 heavy (non-hydrogen) atoms. The summed E-state index contributed by atoms with van der Waals surface area (Å²) in [6, 6.07) is 9.42. The summed E-state index contributed by atoms with van der Waals surface area (Å²) < 4.78 is 5.45. The van der Waals surface area contributed by atoms with Crippen molar-refractivity contribution in [3.8, 4) is 11.9 Å². The average molecular weight is 217 g/mol. The number of benzene rings is 1. The van der Waals surface area contributed by atoms with E-state index >= 15 is 0 Å². The Hall–Kier alpha value is -2.02. The molecule has 0 radical (unpaired) electrons. The Kier molecular flexibility index (Phi) is 3.90. The SMILES string of the molecule is CC(C)(C)N=C(NC#N)Oc1ccccc1. The van der Waals surface area contributed by atoms with Crippen molar-refractivity contribution in [3.05, 3.63) is 30.3 Å². The Morgan fingerprint density at radius 3 is 2.44 bits per heavy atom. The molecule has 0 unspecified atom stereocenters. The Bertz CT molecular complexity index is 399. The summed E-state index contributed by atoms with van der Waals surface area (Å²) in [7, 11) is 0. The molecule has 0 fully saturated rings. The maximum absolute atomic E-state index is 8.59. The third kappa shape index (κ3) is 4.47. The molecule has 0 saturated carbocycles. The van der Waals surface area contributed by atoms with Gasteiger partial charge in [-0.1, -0.05) is 18.2 Å². The molecule has 4 heteroatoms. The number of rotatable bonds is 1. The normalized spacial score (nSPS) is 11.8. The van der Waals surface area contributed by atoms with E-state index in [9.17, 15) is 0 Å². The van der Waals surface area contributed by atoms with E-state index in [0.717, 1.165) is 0 Å². The van der Waals surface area contributed by atoms with Crippen molar-refractivity contribution in [1.82, 2.24) is 5.32 Å². The number of hydrogen-bond donors (Lipinski definition) is 1. The van der Waals surface area contributed by atoms with E-state index in [2.05, 4.69) is 10.3 Å². The second-order valence-electron chi connectivity index (χ2n) is 4.24. The Morgan fingerprint density at radius 1 is 1.31 bits per heavy atom. The van der Waals surface area contributed by atoms with Gasteiger partial charge in [-0.05, 0) is 32.9 Å². The number of nitrogens with zero attached hydrogens (tertiary/aromatic N) is 2. The van der Waals surface area contributed by atoms with Gasteiger partial charge in [-0.15, -0.1) is 0 Å². The number of amidine groups is 1. The molecule has 1 aromatic rings. The standard InChI is InChI=1S/C12H15N3O/c1-12(2,3)15-11(14-9-13)16-10-7-5-4-6-8-10/h4-8H,1-3H3,(H,14,15). The summed E-state index contributed by atoms with van der Waals surface area (Å²) in [5.74, 6) is 0.647. The molecule has 0 spiro atoms. The maximum Gasteiger partial charge on any atom is 0.304 e. The van der Waals surface area contributed by atoms with Crippen molar-refractivity contribution in [2.75, 3.05) is 0 Å². The van der Waals surface area contributed by atoms with E-state index in [4.69, 9.17) is 10.00 Å². The van der Waals surface area contributed by atoms with Crippen molar-refractivity contribution in [2.24, 2.45) is 4.99 Å². The molecule has 0 atom stereocenters. The topological polar surface area (TPSA) is 57.4 Å². The lowest BCUT2D eigenvalue weighted by Gasteiger charge is -2.14. The van der Waals surface area contributed by atoms with Crippen molar-refractivity contribution in [3.63, 3.8) is 0 Å². The van der Waals surface area contributed by atoms with Gasteiger partial charge >= 0.3 is 6.02 Å². The number of ether oxygens (including phenoxy) is 1. The predicted octanol–water partition coefficient (Wildman–Crippen LogP) is 2.29. The summed E-state index contributed by atoms with van der Waals surface area (Å²) >= 11 is 0. The van der Waals surface area contributed by atoms with Crippen LogP contribution in [0.25, 0.3) is 0 Å². The van der Waals surface area contributed by atoms with E-state index < -0.39 is 0 Å². The van der Waals surface area contributed by atoms with E-state index in [1.54, 1.807) is 18.3 Å². The second-order valence-corrected chi connectivity index (χ2v) is 4.24. The van der Waals surface area contributed by atoms with E-state index in [0.29, 0.717) is 5.75 Å². The third-order valence-corrected chi connectivity index (χ3v) is 1.56. The Labute approximate surface area is 95.6 Å². The molecular formula is C12H15N3O. The summed E-state index contributed by atoms with van der Waals surface area (Å²) in [6.07, 6.45) is 1.80. The van der Waals surface area contributed by atoms with E-state index in [1.807, 2.05) is 39.0 Å². The highest BCUT2D eigenvalue weighted by molar-refractivity contribution is 5.78. The van der Waals surface area contributed by atoms with Crippen LogP contribution in [0, 0.1) is 11.5 Å². The van der Waals surface area contributed by atoms with Gasteiger partial charge in [0.05, 0.1) is 5.54 Å². The smallest absolute Gasteiger partial charge is 0.304 e. The molecule has 0 bridgehead atoms. The van der Waals surface area contributed by atoms with E-state index in [1.165, 1.54) is 0 Å². The molecule has 0 aliphatic rings. The van der Waals surface area contributed by atoms with Crippen LogP contribution in [-0.4, -0.2) is 11.6 Å². The molecule has 1 aromatic carbocycles. The Balaban J connectivity index is 2.82. The Morgan fingerprint density at radius 2 is 1.94 bits per heavy atom. The summed E-state index contributed by atoms with van der Waals surface area (Å²) in [6.45, 7) is 5.79. The number of hydrogen-bond acceptors (Lipinski definition) is 3. The fourth-order valence-electron chi connectivity index (χ4n) is 1.03. The van der Waals surface area contributed by atoms with Crippen LogP contribution in [-0.2, 0) is 0 Å². The van der Waals surface area contributed by atoms with Crippen LogP contribution >= 0.6 is 0 Å². The zero-order chi connectivity index (χ0) is 12.0. The highest BCUT2D eigenvalue weighted by atomic mass is 16.5. The first-order valence-corrected chi connectivity index (χ1v) is 4.99. The highest BCUT2D eigenvalue weighted by Gasteiger charge is 2.11. The molecule has 0 amide bonds. The molecule has 0 aromatic heterocycles. The average Bonchev–Trinajstić information content (AvgIpc) is 2.17. The van der Waals surface area contributed by atoms with Gasteiger partial charge in [0.25, 0.3) is 0 Å². The van der Waals surface area contributed by atoms with Crippen LogP contribution in [0.15, 0.2) is 35.3 Å². The molecule has 4 nitrogen and oxygen atoms in total. The number of nitrogens with one attached hydrogen (secondary N) is 1. The molecule has 1 rings (SSSR count). The van der Waals surface area contributed by atoms with Crippen LogP contribution < -0.4 is 10.1 Å². The van der Waals surface area contributed by atoms with Gasteiger partial charge < -0.3 is 4.74 Å². The van der Waals surface area contributed by atoms with Crippen molar-refractivity contribution < 1.29 is 4.74 Å². The van der Waals surface area contributed by atoms with Crippen molar-refractivity contribution in [1.29, 1.82) is 5.26 Å². The van der Waals surface area contributed by atoms with Gasteiger partial charge in [0.15, 0.2) is 6.19 Å². The van der Waals surface area contributed by atoms with Crippen LogP contribution in [0.4, 0.5) is 0 Å². The molecule has 1 N–H and O–H groups in total. The van der Waals surface area contributed by atoms with Crippen LogP contribution in [0.1, 0.15) is 20.8 Å². The largest absolute Gasteiger partial charge is 0.425 e. The summed E-state index contributed by atoms with van der Waals surface area (Å²) in [5, 5.41) is 11.0. The van der Waals surface area contributed by atoms with Crippen LogP contribution in [0.3, 0.4) is 0 Å². The fraction of sp³-hybridized carbons (Fsp3) is 0.333. The molecule has 0 saturated heterocycles. The highest BCUT2D eigenvalue weighted by Crippen LogP contribution is 2.11. The van der Waals surface area contributed by atoms with Gasteiger partial charge in [0.1, 0.15) is 5.75 Å². The fourth-order valence-corrected chi connectivity index (χ4v) is 1.03. The van der Waals surface area contributed by atoms with Gasteiger partial charge in [-0.3, -0.25) is 0 Å². The van der Waals surface area contributed by atoms with Crippen molar-refractivity contribution >= 4 is 6.02 Å². The molecular weight excluding hydrogens is 202 g/mol. The van der Waals surface area contributed by atoms with E-state index in [-0.39, 0.29) is 11.6 Å². The monoisotopic (exact) mass is 217 g/mol. The van der Waals surface area contributed by atoms with Gasteiger partial charge in [-0.2, -0.15) is 5.26 Å². The zero-order valence-corrected chi connectivity index (χ0v) is 9.69. The zero-order valence-electron chi connectivity index (χ0n) is 9.69. The molecule has 0 aliphatic heterocycles. The predicted molar refractivity (Wildman–Crippen MR) is 63.0 cm³/mol. The second kappa shape index (κ2) is 5.17. The lowest BCUT2D eigenvalue weighted by molar-refractivity contribution is 0.493. The minimum absolute atomic E-state index is 0.209. The van der Waals surface area contributed by atoms with Gasteiger partial charge in [-0.25, -0.2) is 10.3 Å². The first-order chi connectivity index (χ1) is 7.51. The lowest BCUT2D eigenvalue weighted by atomic mass is 10.1. The number of nitriles is 1. The third-order valence-electron chi connectivity index (χ3n) is 1.56. The van der Waals surface area contributed by atoms with Crippen LogP contribution in [0.5, 0.6) is 5.75 Å². The van der Waals surface area contributed by atoms with Gasteiger partial charge in [0, 0.05) is 0 Å². The first-order valence-electron chi connectivity index (χ1n) is 4.99. The maximum atomic E-state index is 8.59. The first kappa shape index (κ1) is 12.1. The molecule has 0 heterocycles. The van der Waals surface area contributed by atoms with Crippen LogP contribution in [0.2, 0.25) is 0 Å². The molecule has 0 aliphatic carbocycles. The summed E-state index contributed by atoms with van der Waals surface area (Å²) in [5.41, 5.74) is -0.298. The van der Waals surface area contributed by atoms with Gasteiger partial charge in [0.2, 0.25) is 0 Å². The number of para-hydroxylation sites is 1. The quantitative estimate of drug-likeness (QED) is 0.340.